The van der Waals surface area contributed by atoms with Gasteiger partial charge in [-0.25, -0.2) is 0 Å². The summed E-state index contributed by atoms with van der Waals surface area (Å²) in [5.41, 5.74) is -0.327. The summed E-state index contributed by atoms with van der Waals surface area (Å²) in [4.78, 5) is 14.5. The van der Waals surface area contributed by atoms with E-state index >= 15 is 0 Å². The van der Waals surface area contributed by atoms with Crippen molar-refractivity contribution in [1.29, 1.82) is 0 Å². The van der Waals surface area contributed by atoms with E-state index in [2.05, 4.69) is 24.1 Å². The lowest BCUT2D eigenvalue weighted by atomic mass is 9.87. The van der Waals surface area contributed by atoms with E-state index in [1.54, 1.807) is 0 Å². The zero-order chi connectivity index (χ0) is 13.2. The lowest BCUT2D eigenvalue weighted by molar-refractivity contribution is -0.133. The fourth-order valence-corrected chi connectivity index (χ4v) is 3.44. The first kappa shape index (κ1) is 13.9. The van der Waals surface area contributed by atoms with E-state index in [4.69, 9.17) is 0 Å². The molecule has 1 aliphatic carbocycles. The third kappa shape index (κ3) is 2.71. The van der Waals surface area contributed by atoms with Crippen LogP contribution in [-0.4, -0.2) is 29.1 Å². The summed E-state index contributed by atoms with van der Waals surface area (Å²) < 4.78 is 0. The largest absolute Gasteiger partial charge is 0.326 e. The third-order valence-electron chi connectivity index (χ3n) is 4.94. The van der Waals surface area contributed by atoms with E-state index in [-0.39, 0.29) is 11.7 Å². The molecule has 1 aliphatic heterocycles. The number of carbonyl (C=O) groups excluding carboxylic acids is 1. The molecule has 0 aromatic heterocycles. The van der Waals surface area contributed by atoms with Crippen molar-refractivity contribution in [1.82, 2.24) is 10.2 Å². The molecule has 2 fully saturated rings. The van der Waals surface area contributed by atoms with Crippen LogP contribution in [0.2, 0.25) is 0 Å². The van der Waals surface area contributed by atoms with Gasteiger partial charge in [0.2, 0.25) is 5.91 Å². The fraction of sp³-hybridized carbons (Fsp3) is 0.933. The molecule has 2 aliphatic rings. The Labute approximate surface area is 111 Å². The molecule has 1 amide bonds. The predicted octanol–water partition coefficient (Wildman–Crippen LogP) is 2.90. The van der Waals surface area contributed by atoms with Gasteiger partial charge in [-0.15, -0.1) is 0 Å². The average molecular weight is 252 g/mol. The average Bonchev–Trinajstić information content (AvgIpc) is 2.60. The second kappa shape index (κ2) is 5.60. The normalized spacial score (nSPS) is 34.3. The minimum atomic E-state index is -0.327. The van der Waals surface area contributed by atoms with E-state index in [1.165, 1.54) is 38.5 Å². The van der Waals surface area contributed by atoms with E-state index in [0.29, 0.717) is 5.91 Å². The summed E-state index contributed by atoms with van der Waals surface area (Å²) in [5.74, 6) is 1.15. The maximum absolute atomic E-state index is 12.4. The molecule has 0 aromatic rings. The van der Waals surface area contributed by atoms with Gasteiger partial charge < -0.3 is 4.90 Å². The van der Waals surface area contributed by atoms with Gasteiger partial charge in [0.15, 0.2) is 0 Å². The van der Waals surface area contributed by atoms with Crippen molar-refractivity contribution in [3.8, 4) is 0 Å². The van der Waals surface area contributed by atoms with Crippen molar-refractivity contribution >= 4 is 5.91 Å². The molecule has 0 aromatic carbocycles. The van der Waals surface area contributed by atoms with Crippen LogP contribution >= 0.6 is 0 Å². The number of nitrogens with one attached hydrogen (secondary N) is 1. The van der Waals surface area contributed by atoms with Crippen LogP contribution in [0, 0.1) is 5.92 Å². The van der Waals surface area contributed by atoms with Crippen LogP contribution in [0.25, 0.3) is 0 Å². The monoisotopic (exact) mass is 252 g/mol. The maximum Gasteiger partial charge on any atom is 0.243 e. The highest BCUT2D eigenvalue weighted by Crippen LogP contribution is 2.29. The van der Waals surface area contributed by atoms with Crippen molar-refractivity contribution in [3.63, 3.8) is 0 Å². The van der Waals surface area contributed by atoms with Gasteiger partial charge >= 0.3 is 0 Å². The van der Waals surface area contributed by atoms with Gasteiger partial charge in [-0.2, -0.15) is 0 Å². The molecule has 104 valence electrons. The Hall–Kier alpha value is -0.570. The van der Waals surface area contributed by atoms with Crippen molar-refractivity contribution < 1.29 is 4.79 Å². The first-order valence-electron chi connectivity index (χ1n) is 7.65. The molecule has 2 rings (SSSR count). The number of nitrogens with zero attached hydrogens (tertiary/aromatic N) is 1. The standard InChI is InChI=1S/C15H28N2O/c1-4-15(3)14(18)17(12(2)16-15)11-10-13-8-6-5-7-9-13/h12-13,16H,4-11H2,1-3H3. The minimum absolute atomic E-state index is 0.200. The Morgan fingerprint density at radius 3 is 2.56 bits per heavy atom. The van der Waals surface area contributed by atoms with Gasteiger partial charge in [0.1, 0.15) is 0 Å². The fourth-order valence-electron chi connectivity index (χ4n) is 3.44. The Balaban J connectivity index is 1.87. The molecule has 0 bridgehead atoms. The molecule has 0 spiro atoms. The van der Waals surface area contributed by atoms with Gasteiger partial charge in [-0.05, 0) is 32.6 Å². The summed E-state index contributed by atoms with van der Waals surface area (Å²) >= 11 is 0. The molecular weight excluding hydrogens is 224 g/mol. The van der Waals surface area contributed by atoms with Crippen LogP contribution in [0.5, 0.6) is 0 Å². The quantitative estimate of drug-likeness (QED) is 0.834. The lowest BCUT2D eigenvalue weighted by Gasteiger charge is -2.26. The van der Waals surface area contributed by atoms with E-state index in [1.807, 2.05) is 6.92 Å². The summed E-state index contributed by atoms with van der Waals surface area (Å²) in [6.45, 7) is 7.17. The Bertz CT molecular complexity index is 299. The Kier molecular flexibility index (Phi) is 4.31. The van der Waals surface area contributed by atoms with Crippen molar-refractivity contribution in [2.75, 3.05) is 6.54 Å². The second-order valence-corrected chi connectivity index (χ2v) is 6.30. The molecule has 1 saturated heterocycles. The zero-order valence-electron chi connectivity index (χ0n) is 12.2. The molecule has 18 heavy (non-hydrogen) atoms. The van der Waals surface area contributed by atoms with Crippen molar-refractivity contribution in [3.05, 3.63) is 0 Å². The Morgan fingerprint density at radius 1 is 1.33 bits per heavy atom. The summed E-state index contributed by atoms with van der Waals surface area (Å²) in [7, 11) is 0. The molecule has 1 heterocycles. The summed E-state index contributed by atoms with van der Waals surface area (Å²) in [6.07, 6.45) is 9.19. The molecule has 2 atom stereocenters. The Morgan fingerprint density at radius 2 is 2.00 bits per heavy atom. The predicted molar refractivity (Wildman–Crippen MR) is 74.2 cm³/mol. The summed E-state index contributed by atoms with van der Waals surface area (Å²) in [5, 5.41) is 3.44. The number of amides is 1. The minimum Gasteiger partial charge on any atom is -0.326 e. The lowest BCUT2D eigenvalue weighted by Crippen LogP contribution is -2.43. The van der Waals surface area contributed by atoms with Crippen LogP contribution in [0.3, 0.4) is 0 Å². The third-order valence-corrected chi connectivity index (χ3v) is 4.94. The topological polar surface area (TPSA) is 32.3 Å². The molecular formula is C15H28N2O. The van der Waals surface area contributed by atoms with E-state index < -0.39 is 0 Å². The van der Waals surface area contributed by atoms with Crippen LogP contribution in [-0.2, 0) is 4.79 Å². The molecule has 3 heteroatoms. The smallest absolute Gasteiger partial charge is 0.243 e. The van der Waals surface area contributed by atoms with Gasteiger partial charge in [-0.3, -0.25) is 10.1 Å². The molecule has 3 nitrogen and oxygen atoms in total. The van der Waals surface area contributed by atoms with E-state index in [9.17, 15) is 4.79 Å². The molecule has 0 radical (unpaired) electrons. The zero-order valence-corrected chi connectivity index (χ0v) is 12.2. The van der Waals surface area contributed by atoms with Crippen molar-refractivity contribution in [2.24, 2.45) is 5.92 Å². The number of carbonyl (C=O) groups is 1. The molecule has 1 N–H and O–H groups in total. The van der Waals surface area contributed by atoms with Crippen molar-refractivity contribution in [2.45, 2.75) is 77.4 Å². The van der Waals surface area contributed by atoms with Crippen LogP contribution in [0.15, 0.2) is 0 Å². The highest BCUT2D eigenvalue weighted by Gasteiger charge is 2.44. The first-order valence-corrected chi connectivity index (χ1v) is 7.65. The highest BCUT2D eigenvalue weighted by molar-refractivity contribution is 5.88. The number of hydrogen-bond acceptors (Lipinski definition) is 2. The first-order chi connectivity index (χ1) is 8.57. The van der Waals surface area contributed by atoms with Gasteiger partial charge in [0, 0.05) is 6.54 Å². The van der Waals surface area contributed by atoms with Gasteiger partial charge in [0.25, 0.3) is 0 Å². The van der Waals surface area contributed by atoms with Crippen LogP contribution in [0.1, 0.15) is 65.7 Å². The van der Waals surface area contributed by atoms with Gasteiger partial charge in [0.05, 0.1) is 11.7 Å². The second-order valence-electron chi connectivity index (χ2n) is 6.30. The summed E-state index contributed by atoms with van der Waals surface area (Å²) in [6, 6.07) is 0. The highest BCUT2D eigenvalue weighted by atomic mass is 16.2. The maximum atomic E-state index is 12.4. The van der Waals surface area contributed by atoms with Crippen LogP contribution in [0.4, 0.5) is 0 Å². The molecule has 1 saturated carbocycles. The molecule has 2 unspecified atom stereocenters. The number of hydrogen-bond donors (Lipinski definition) is 1. The number of rotatable bonds is 4. The van der Waals surface area contributed by atoms with Crippen LogP contribution < -0.4 is 5.32 Å². The van der Waals surface area contributed by atoms with E-state index in [0.717, 1.165) is 18.9 Å². The SMILES string of the molecule is CCC1(C)NC(C)N(CCC2CCCCC2)C1=O. The van der Waals surface area contributed by atoms with Gasteiger partial charge in [-0.1, -0.05) is 39.0 Å².